The molecule has 1 saturated heterocycles. The van der Waals surface area contributed by atoms with Gasteiger partial charge < -0.3 is 10.0 Å². The molecule has 0 radical (unpaired) electrons. The lowest BCUT2D eigenvalue weighted by molar-refractivity contribution is -0.0562. The van der Waals surface area contributed by atoms with Crippen LogP contribution >= 0.6 is 0 Å². The third-order valence-electron chi connectivity index (χ3n) is 3.80. The van der Waals surface area contributed by atoms with Gasteiger partial charge in [0.1, 0.15) is 0 Å². The first-order valence-electron chi connectivity index (χ1n) is 6.36. The maximum Gasteiger partial charge on any atom is 0.0620 e. The van der Waals surface area contributed by atoms with Crippen molar-refractivity contribution in [3.63, 3.8) is 0 Å². The Balaban J connectivity index is 1.95. The average Bonchev–Trinajstić information content (AvgIpc) is 2.04. The van der Waals surface area contributed by atoms with Crippen molar-refractivity contribution in [3.05, 3.63) is 0 Å². The van der Waals surface area contributed by atoms with E-state index in [1.807, 2.05) is 0 Å². The Kier molecular flexibility index (Phi) is 3.09. The molecule has 0 spiro atoms. The molecule has 88 valence electrons. The van der Waals surface area contributed by atoms with Gasteiger partial charge in [0.25, 0.3) is 0 Å². The smallest absolute Gasteiger partial charge is 0.0620 e. The van der Waals surface area contributed by atoms with Crippen molar-refractivity contribution >= 4 is 0 Å². The Bertz CT molecular complexity index is 207. The predicted molar refractivity (Wildman–Crippen MR) is 62.7 cm³/mol. The van der Waals surface area contributed by atoms with Crippen LogP contribution in [-0.2, 0) is 0 Å². The third-order valence-corrected chi connectivity index (χ3v) is 3.80. The molecular weight excluding hydrogens is 186 g/mol. The third kappa shape index (κ3) is 2.73. The molecular formula is C13H25NO. The van der Waals surface area contributed by atoms with Gasteiger partial charge in [-0.3, -0.25) is 0 Å². The van der Waals surface area contributed by atoms with E-state index >= 15 is 0 Å². The van der Waals surface area contributed by atoms with E-state index in [4.69, 9.17) is 0 Å². The van der Waals surface area contributed by atoms with Crippen LogP contribution in [0.3, 0.4) is 0 Å². The van der Waals surface area contributed by atoms with E-state index in [9.17, 15) is 5.11 Å². The number of aliphatic hydroxyl groups excluding tert-OH is 1. The Labute approximate surface area is 93.7 Å². The molecule has 1 saturated carbocycles. The number of hydrogen-bond donors (Lipinski definition) is 1. The molecule has 2 rings (SSSR count). The van der Waals surface area contributed by atoms with Gasteiger partial charge in [-0.15, -0.1) is 0 Å². The van der Waals surface area contributed by atoms with E-state index in [1.165, 1.54) is 25.8 Å². The molecule has 2 aliphatic rings. The second-order valence-corrected chi connectivity index (χ2v) is 6.70. The highest BCUT2D eigenvalue weighted by Crippen LogP contribution is 2.35. The van der Waals surface area contributed by atoms with E-state index in [1.54, 1.807) is 0 Å². The first kappa shape index (κ1) is 11.4. The van der Waals surface area contributed by atoms with Crippen LogP contribution in [0.4, 0.5) is 0 Å². The van der Waals surface area contributed by atoms with Crippen molar-refractivity contribution in [2.45, 2.75) is 46.1 Å². The first-order chi connectivity index (χ1) is 6.96. The number of nitrogens with zero attached hydrogens (tertiary/aromatic N) is 1. The van der Waals surface area contributed by atoms with E-state index in [-0.39, 0.29) is 6.10 Å². The number of aliphatic hydroxyl groups is 1. The Hall–Kier alpha value is -0.0800. The Morgan fingerprint density at radius 1 is 1.13 bits per heavy atom. The van der Waals surface area contributed by atoms with Crippen molar-refractivity contribution in [1.82, 2.24) is 4.90 Å². The van der Waals surface area contributed by atoms with Crippen LogP contribution in [0.1, 0.15) is 40.0 Å². The summed E-state index contributed by atoms with van der Waals surface area (Å²) in [6.45, 7) is 10.3. The van der Waals surface area contributed by atoms with E-state index in [2.05, 4.69) is 25.7 Å². The van der Waals surface area contributed by atoms with Crippen LogP contribution in [0.25, 0.3) is 0 Å². The molecule has 1 heterocycles. The number of rotatable bonds is 1. The van der Waals surface area contributed by atoms with E-state index in [0.717, 1.165) is 13.1 Å². The quantitative estimate of drug-likeness (QED) is 0.718. The molecule has 1 N–H and O–H groups in total. The summed E-state index contributed by atoms with van der Waals surface area (Å²) in [7, 11) is 0. The molecule has 2 nitrogen and oxygen atoms in total. The van der Waals surface area contributed by atoms with Gasteiger partial charge in [-0.05, 0) is 30.1 Å². The van der Waals surface area contributed by atoms with E-state index < -0.39 is 0 Å². The van der Waals surface area contributed by atoms with E-state index in [0.29, 0.717) is 17.3 Å². The summed E-state index contributed by atoms with van der Waals surface area (Å²) >= 11 is 0. The molecule has 2 atom stereocenters. The number of hydrogen-bond acceptors (Lipinski definition) is 2. The summed E-state index contributed by atoms with van der Waals surface area (Å²) in [4.78, 5) is 2.57. The van der Waals surface area contributed by atoms with Gasteiger partial charge >= 0.3 is 0 Å². The van der Waals surface area contributed by atoms with Gasteiger partial charge in [-0.1, -0.05) is 27.2 Å². The fraction of sp³-hybridized carbons (Fsp3) is 1.00. The SMILES string of the molecule is CC(C)(C)CN1CC2CCCC(C1)C2O. The normalized spacial score (nSPS) is 38.0. The van der Waals surface area contributed by atoms with Crippen LogP contribution in [0, 0.1) is 17.3 Å². The van der Waals surface area contributed by atoms with Gasteiger partial charge in [-0.2, -0.15) is 0 Å². The minimum absolute atomic E-state index is 0.00466. The molecule has 2 heteroatoms. The van der Waals surface area contributed by atoms with Crippen molar-refractivity contribution in [3.8, 4) is 0 Å². The Morgan fingerprint density at radius 3 is 2.13 bits per heavy atom. The van der Waals surface area contributed by atoms with Gasteiger partial charge in [0.05, 0.1) is 6.10 Å². The van der Waals surface area contributed by atoms with Crippen LogP contribution < -0.4 is 0 Å². The Morgan fingerprint density at radius 2 is 1.67 bits per heavy atom. The number of likely N-dealkylation sites (tertiary alicyclic amines) is 1. The topological polar surface area (TPSA) is 23.5 Å². The van der Waals surface area contributed by atoms with Crippen LogP contribution in [0.5, 0.6) is 0 Å². The van der Waals surface area contributed by atoms with Crippen LogP contribution in [0.15, 0.2) is 0 Å². The zero-order valence-corrected chi connectivity index (χ0v) is 10.4. The fourth-order valence-corrected chi connectivity index (χ4v) is 3.30. The molecule has 0 aromatic rings. The summed E-state index contributed by atoms with van der Waals surface area (Å²) < 4.78 is 0. The van der Waals surface area contributed by atoms with Gasteiger partial charge in [0.15, 0.2) is 0 Å². The van der Waals surface area contributed by atoms with Gasteiger partial charge in [-0.25, -0.2) is 0 Å². The summed E-state index contributed by atoms with van der Waals surface area (Å²) in [6.07, 6.45) is 3.79. The molecule has 1 aliphatic carbocycles. The lowest BCUT2D eigenvalue weighted by Gasteiger charge is -2.46. The molecule has 2 bridgehead atoms. The molecule has 0 aromatic carbocycles. The van der Waals surface area contributed by atoms with Crippen molar-refractivity contribution in [1.29, 1.82) is 0 Å². The first-order valence-corrected chi connectivity index (χ1v) is 6.36. The molecule has 1 aliphatic heterocycles. The number of piperidine rings is 1. The van der Waals surface area contributed by atoms with Gasteiger partial charge in [0, 0.05) is 19.6 Å². The summed E-state index contributed by atoms with van der Waals surface area (Å²) in [6, 6.07) is 0. The monoisotopic (exact) mass is 211 g/mol. The van der Waals surface area contributed by atoms with Crippen molar-refractivity contribution < 1.29 is 5.11 Å². The largest absolute Gasteiger partial charge is 0.392 e. The van der Waals surface area contributed by atoms with Gasteiger partial charge in [0.2, 0.25) is 0 Å². The molecule has 15 heavy (non-hydrogen) atoms. The molecule has 2 unspecified atom stereocenters. The molecule has 0 aromatic heterocycles. The lowest BCUT2D eigenvalue weighted by atomic mass is 9.75. The fourth-order valence-electron chi connectivity index (χ4n) is 3.30. The van der Waals surface area contributed by atoms with Crippen LogP contribution in [0.2, 0.25) is 0 Å². The molecule has 0 amide bonds. The maximum atomic E-state index is 10.1. The molecule has 2 fully saturated rings. The summed E-state index contributed by atoms with van der Waals surface area (Å²) in [5.74, 6) is 1.11. The lowest BCUT2D eigenvalue weighted by Crippen LogP contribution is -2.53. The summed E-state index contributed by atoms with van der Waals surface area (Å²) in [5.41, 5.74) is 0.386. The number of fused-ring (bicyclic) bond motifs is 2. The van der Waals surface area contributed by atoms with Crippen molar-refractivity contribution in [2.24, 2.45) is 17.3 Å². The highest BCUT2D eigenvalue weighted by Gasteiger charge is 2.38. The van der Waals surface area contributed by atoms with Crippen LogP contribution in [-0.4, -0.2) is 35.7 Å². The summed E-state index contributed by atoms with van der Waals surface area (Å²) in [5, 5.41) is 10.1. The highest BCUT2D eigenvalue weighted by molar-refractivity contribution is 4.91. The standard InChI is InChI=1S/C13H25NO/c1-13(2,3)9-14-7-10-5-4-6-11(8-14)12(10)15/h10-12,15H,4-9H2,1-3H3. The predicted octanol–water partition coefficient (Wildman–Crippen LogP) is 2.13. The second-order valence-electron chi connectivity index (χ2n) is 6.70. The average molecular weight is 211 g/mol. The van der Waals surface area contributed by atoms with Crippen molar-refractivity contribution in [2.75, 3.05) is 19.6 Å². The zero-order chi connectivity index (χ0) is 11.1. The minimum Gasteiger partial charge on any atom is -0.392 e. The minimum atomic E-state index is -0.00466. The maximum absolute atomic E-state index is 10.1. The second kappa shape index (κ2) is 4.06. The zero-order valence-electron chi connectivity index (χ0n) is 10.4. The highest BCUT2D eigenvalue weighted by atomic mass is 16.3.